The predicted molar refractivity (Wildman–Crippen MR) is 108 cm³/mol. The summed E-state index contributed by atoms with van der Waals surface area (Å²) >= 11 is 1.50. The van der Waals surface area contributed by atoms with Crippen molar-refractivity contribution in [3.63, 3.8) is 0 Å². The summed E-state index contributed by atoms with van der Waals surface area (Å²) in [5.41, 5.74) is 1.33. The first-order chi connectivity index (χ1) is 12.8. The highest BCUT2D eigenvalue weighted by Gasteiger charge is 2.10. The van der Waals surface area contributed by atoms with Crippen LogP contribution in [0.3, 0.4) is 0 Å². The molecule has 1 fully saturated rings. The van der Waals surface area contributed by atoms with Gasteiger partial charge in [-0.05, 0) is 49.7 Å². The first-order valence-electron chi connectivity index (χ1n) is 9.18. The topological polar surface area (TPSA) is 62.3 Å². The molecule has 0 amide bonds. The molecule has 1 aliphatic heterocycles. The van der Waals surface area contributed by atoms with Crippen LogP contribution in [0.15, 0.2) is 36.4 Å². The number of ether oxygens (including phenoxy) is 1. The second kappa shape index (κ2) is 10.1. The Morgan fingerprint density at radius 3 is 2.81 bits per heavy atom. The van der Waals surface area contributed by atoms with E-state index in [2.05, 4.69) is 43.9 Å². The van der Waals surface area contributed by atoms with Gasteiger partial charge in [0.1, 0.15) is 12.4 Å². The molecule has 1 saturated heterocycles. The lowest BCUT2D eigenvalue weighted by molar-refractivity contribution is 0.220. The number of hydrogen-bond acceptors (Lipinski definition) is 7. The van der Waals surface area contributed by atoms with Crippen LogP contribution in [0.2, 0.25) is 0 Å². The lowest BCUT2D eigenvalue weighted by Gasteiger charge is -2.26. The third-order valence-electron chi connectivity index (χ3n) is 4.28. The Labute approximate surface area is 159 Å². The van der Waals surface area contributed by atoms with Gasteiger partial charge in [0.25, 0.3) is 0 Å². The van der Waals surface area contributed by atoms with Crippen molar-refractivity contribution in [2.45, 2.75) is 25.8 Å². The van der Waals surface area contributed by atoms with Crippen LogP contribution in [-0.4, -0.2) is 48.4 Å². The normalized spacial score (nSPS) is 15.3. The highest BCUT2D eigenvalue weighted by Crippen LogP contribution is 2.19. The van der Waals surface area contributed by atoms with E-state index >= 15 is 0 Å². The van der Waals surface area contributed by atoms with Gasteiger partial charge in [-0.2, -0.15) is 0 Å². The molecule has 3 rings (SSSR count). The van der Waals surface area contributed by atoms with Gasteiger partial charge in [0.15, 0.2) is 0 Å². The van der Waals surface area contributed by atoms with Gasteiger partial charge < -0.3 is 15.4 Å². The van der Waals surface area contributed by atoms with E-state index in [9.17, 15) is 0 Å². The molecule has 0 unspecified atom stereocenters. The van der Waals surface area contributed by atoms with Gasteiger partial charge in [-0.25, -0.2) is 0 Å². The maximum atomic E-state index is 5.84. The van der Waals surface area contributed by atoms with Crippen molar-refractivity contribution in [3.8, 4) is 5.75 Å². The van der Waals surface area contributed by atoms with E-state index in [1.807, 2.05) is 25.3 Å². The van der Waals surface area contributed by atoms with Gasteiger partial charge in [0.05, 0.1) is 0 Å². The molecule has 140 valence electrons. The number of nitrogens with zero attached hydrogens (tertiary/aromatic N) is 3. The van der Waals surface area contributed by atoms with E-state index in [-0.39, 0.29) is 0 Å². The first-order valence-corrected chi connectivity index (χ1v) is 9.99. The predicted octanol–water partition coefficient (Wildman–Crippen LogP) is 3.61. The Bertz CT molecular complexity index is 697. The zero-order chi connectivity index (χ0) is 18.0. The second-order valence-electron chi connectivity index (χ2n) is 6.31. The molecule has 1 aromatic heterocycles. The minimum atomic E-state index is 0.562. The molecular formula is C19H27N5OS. The molecule has 2 N–H and O–H groups in total. The van der Waals surface area contributed by atoms with Gasteiger partial charge in [-0.3, -0.25) is 4.90 Å². The summed E-state index contributed by atoms with van der Waals surface area (Å²) in [7, 11) is 1.84. The Hall–Kier alpha value is -2.12. The number of piperidine rings is 1. The summed E-state index contributed by atoms with van der Waals surface area (Å²) in [4.78, 5) is 2.53. The number of aromatic nitrogens is 2. The molecule has 0 bridgehead atoms. The van der Waals surface area contributed by atoms with Crippen LogP contribution in [0.4, 0.5) is 10.3 Å². The number of likely N-dealkylation sites (tertiary alicyclic amines) is 1. The van der Waals surface area contributed by atoms with Crippen molar-refractivity contribution < 1.29 is 4.74 Å². The van der Waals surface area contributed by atoms with Crippen molar-refractivity contribution in [3.05, 3.63) is 42.0 Å². The van der Waals surface area contributed by atoms with E-state index in [1.54, 1.807) is 0 Å². The van der Waals surface area contributed by atoms with E-state index in [0.29, 0.717) is 13.2 Å². The first kappa shape index (κ1) is 18.7. The maximum absolute atomic E-state index is 5.84. The molecule has 2 heterocycles. The van der Waals surface area contributed by atoms with Crippen LogP contribution < -0.4 is 15.4 Å². The highest BCUT2D eigenvalue weighted by atomic mass is 32.1. The van der Waals surface area contributed by atoms with Crippen LogP contribution in [0.25, 0.3) is 0 Å². The molecule has 2 aromatic rings. The largest absolute Gasteiger partial charge is 0.490 e. The quantitative estimate of drug-likeness (QED) is 0.655. The van der Waals surface area contributed by atoms with Crippen LogP contribution >= 0.6 is 11.3 Å². The number of rotatable bonds is 9. The number of benzene rings is 1. The smallest absolute Gasteiger partial charge is 0.207 e. The van der Waals surface area contributed by atoms with Gasteiger partial charge >= 0.3 is 0 Å². The Balaban J connectivity index is 1.37. The standard InChI is InChI=1S/C19H27N5OS/c1-20-18-22-23-19(26-18)21-10-3-6-13-25-17-9-7-8-16(14-17)15-24-11-4-2-5-12-24/h3,6-9,14H,2,4-5,10-13,15H2,1H3,(H,20,22)(H,21,23). The molecule has 0 aliphatic carbocycles. The number of nitrogens with one attached hydrogen (secondary N) is 2. The average Bonchev–Trinajstić information content (AvgIpc) is 3.14. The average molecular weight is 374 g/mol. The monoisotopic (exact) mass is 373 g/mol. The van der Waals surface area contributed by atoms with E-state index in [1.165, 1.54) is 49.3 Å². The van der Waals surface area contributed by atoms with E-state index in [0.717, 1.165) is 22.6 Å². The number of hydrogen-bond donors (Lipinski definition) is 2. The van der Waals surface area contributed by atoms with Crippen LogP contribution in [0, 0.1) is 0 Å². The van der Waals surface area contributed by atoms with Crippen LogP contribution in [-0.2, 0) is 6.54 Å². The van der Waals surface area contributed by atoms with Crippen molar-refractivity contribution in [2.24, 2.45) is 0 Å². The molecule has 0 atom stereocenters. The van der Waals surface area contributed by atoms with Crippen LogP contribution in [0.5, 0.6) is 5.75 Å². The SMILES string of the molecule is CNc1nnc(NCC=CCOc2cccc(CN3CCCCC3)c2)s1. The molecule has 1 aromatic carbocycles. The third-order valence-corrected chi connectivity index (χ3v) is 5.17. The summed E-state index contributed by atoms with van der Waals surface area (Å²) < 4.78 is 5.84. The van der Waals surface area contributed by atoms with Crippen molar-refractivity contribution in [2.75, 3.05) is 43.9 Å². The van der Waals surface area contributed by atoms with E-state index < -0.39 is 0 Å². The third kappa shape index (κ3) is 6.00. The van der Waals surface area contributed by atoms with E-state index in [4.69, 9.17) is 4.74 Å². The van der Waals surface area contributed by atoms with Crippen molar-refractivity contribution in [1.82, 2.24) is 15.1 Å². The second-order valence-corrected chi connectivity index (χ2v) is 7.29. The Kier molecular flexibility index (Phi) is 7.27. The minimum absolute atomic E-state index is 0.562. The molecule has 6 nitrogen and oxygen atoms in total. The Morgan fingerprint density at radius 1 is 1.15 bits per heavy atom. The van der Waals surface area contributed by atoms with Gasteiger partial charge in [0, 0.05) is 20.1 Å². The Morgan fingerprint density at radius 2 is 2.00 bits per heavy atom. The van der Waals surface area contributed by atoms with Gasteiger partial charge in [-0.15, -0.1) is 10.2 Å². The van der Waals surface area contributed by atoms with Gasteiger partial charge in [-0.1, -0.05) is 36.0 Å². The molecule has 0 saturated carbocycles. The summed E-state index contributed by atoms with van der Waals surface area (Å²) in [5.74, 6) is 0.930. The highest BCUT2D eigenvalue weighted by molar-refractivity contribution is 7.19. The summed E-state index contributed by atoms with van der Waals surface area (Å²) in [6.45, 7) is 4.72. The lowest BCUT2D eigenvalue weighted by atomic mass is 10.1. The minimum Gasteiger partial charge on any atom is -0.490 e. The zero-order valence-electron chi connectivity index (χ0n) is 15.3. The number of anilines is 2. The summed E-state index contributed by atoms with van der Waals surface area (Å²) in [6.07, 6.45) is 8.07. The molecule has 7 heteroatoms. The fourth-order valence-corrected chi connectivity index (χ4v) is 3.55. The molecular weight excluding hydrogens is 346 g/mol. The molecule has 0 radical (unpaired) electrons. The zero-order valence-corrected chi connectivity index (χ0v) is 16.1. The van der Waals surface area contributed by atoms with Crippen molar-refractivity contribution in [1.29, 1.82) is 0 Å². The molecule has 1 aliphatic rings. The fraction of sp³-hybridized carbons (Fsp3) is 0.474. The summed E-state index contributed by atoms with van der Waals surface area (Å²) in [5, 5.41) is 15.8. The van der Waals surface area contributed by atoms with Crippen LogP contribution in [0.1, 0.15) is 24.8 Å². The molecule has 0 spiro atoms. The molecule has 26 heavy (non-hydrogen) atoms. The van der Waals surface area contributed by atoms with Gasteiger partial charge in [0.2, 0.25) is 10.3 Å². The fourth-order valence-electron chi connectivity index (χ4n) is 2.95. The van der Waals surface area contributed by atoms with Crippen molar-refractivity contribution >= 4 is 21.6 Å². The lowest BCUT2D eigenvalue weighted by Crippen LogP contribution is -2.29. The summed E-state index contributed by atoms with van der Waals surface area (Å²) in [6, 6.07) is 8.44. The maximum Gasteiger partial charge on any atom is 0.207 e.